The predicted octanol–water partition coefficient (Wildman–Crippen LogP) is 1.94. The zero-order chi connectivity index (χ0) is 12.3. The van der Waals surface area contributed by atoms with Crippen LogP contribution in [0.5, 0.6) is 0 Å². The van der Waals surface area contributed by atoms with E-state index in [2.05, 4.69) is 28.7 Å². The number of nitrogens with two attached hydrogens (primary N) is 1. The van der Waals surface area contributed by atoms with E-state index >= 15 is 0 Å². The van der Waals surface area contributed by atoms with Crippen LogP contribution >= 0.6 is 0 Å². The molecule has 92 valence electrons. The molecule has 2 heterocycles. The number of rotatable bonds is 5. The highest BCUT2D eigenvalue weighted by atomic mass is 15.2. The van der Waals surface area contributed by atoms with E-state index < -0.39 is 0 Å². The molecule has 0 aliphatic rings. The molecule has 0 radical (unpaired) electrons. The van der Waals surface area contributed by atoms with Gasteiger partial charge >= 0.3 is 0 Å². The standard InChI is InChI=1S/C12H19N5/c1-3-5-7-16(4-2)12-11-14-6-8-17(11)9-10(13)15-12/h6,8-9H,3-5,7,13H2,1-2H3. The summed E-state index contributed by atoms with van der Waals surface area (Å²) in [5.41, 5.74) is 6.69. The smallest absolute Gasteiger partial charge is 0.180 e. The van der Waals surface area contributed by atoms with Crippen LogP contribution in [0.3, 0.4) is 0 Å². The highest BCUT2D eigenvalue weighted by molar-refractivity contribution is 5.66. The van der Waals surface area contributed by atoms with Crippen molar-refractivity contribution in [1.29, 1.82) is 0 Å². The molecule has 2 aromatic heterocycles. The summed E-state index contributed by atoms with van der Waals surface area (Å²) in [6.07, 6.45) is 7.78. The zero-order valence-corrected chi connectivity index (χ0v) is 10.4. The SMILES string of the molecule is CCCCN(CC)c1nc(N)cn2ccnc12. The van der Waals surface area contributed by atoms with Gasteiger partial charge in [0.15, 0.2) is 11.5 Å². The lowest BCUT2D eigenvalue weighted by molar-refractivity contribution is 0.724. The number of hydrogen-bond donors (Lipinski definition) is 1. The quantitative estimate of drug-likeness (QED) is 0.857. The van der Waals surface area contributed by atoms with Crippen LogP contribution in [0.25, 0.3) is 5.65 Å². The number of anilines is 2. The first-order chi connectivity index (χ1) is 8.26. The number of aromatic nitrogens is 3. The molecule has 5 heteroatoms. The Kier molecular flexibility index (Phi) is 3.46. The summed E-state index contributed by atoms with van der Waals surface area (Å²) < 4.78 is 1.92. The van der Waals surface area contributed by atoms with Crippen molar-refractivity contribution in [2.75, 3.05) is 23.7 Å². The Balaban J connectivity index is 2.40. The van der Waals surface area contributed by atoms with Crippen molar-refractivity contribution in [2.45, 2.75) is 26.7 Å². The minimum atomic E-state index is 0.528. The van der Waals surface area contributed by atoms with Crippen LogP contribution in [-0.2, 0) is 0 Å². The maximum absolute atomic E-state index is 5.82. The van der Waals surface area contributed by atoms with Gasteiger partial charge in [0.25, 0.3) is 0 Å². The monoisotopic (exact) mass is 233 g/mol. The molecule has 0 unspecified atom stereocenters. The average molecular weight is 233 g/mol. The van der Waals surface area contributed by atoms with E-state index in [0.29, 0.717) is 5.82 Å². The normalized spacial score (nSPS) is 10.9. The molecule has 0 aliphatic heterocycles. The van der Waals surface area contributed by atoms with Gasteiger partial charge in [0.1, 0.15) is 5.82 Å². The molecule has 17 heavy (non-hydrogen) atoms. The Morgan fingerprint density at radius 1 is 1.41 bits per heavy atom. The summed E-state index contributed by atoms with van der Waals surface area (Å²) in [5, 5.41) is 0. The topological polar surface area (TPSA) is 59.5 Å². The summed E-state index contributed by atoms with van der Waals surface area (Å²) in [6, 6.07) is 0. The molecule has 0 fully saturated rings. The van der Waals surface area contributed by atoms with E-state index in [9.17, 15) is 0 Å². The summed E-state index contributed by atoms with van der Waals surface area (Å²) in [4.78, 5) is 11.0. The number of imidazole rings is 1. The van der Waals surface area contributed by atoms with Gasteiger partial charge in [-0.2, -0.15) is 0 Å². The molecule has 2 rings (SSSR count). The molecule has 0 saturated carbocycles. The van der Waals surface area contributed by atoms with Crippen LogP contribution in [0.15, 0.2) is 18.6 Å². The van der Waals surface area contributed by atoms with Crippen molar-refractivity contribution in [2.24, 2.45) is 0 Å². The Hall–Kier alpha value is -1.78. The maximum Gasteiger partial charge on any atom is 0.180 e. The first-order valence-electron chi connectivity index (χ1n) is 6.10. The van der Waals surface area contributed by atoms with Crippen molar-refractivity contribution in [3.05, 3.63) is 18.6 Å². The molecule has 0 spiro atoms. The predicted molar refractivity (Wildman–Crippen MR) is 70.2 cm³/mol. The number of nitrogen functional groups attached to an aromatic ring is 1. The largest absolute Gasteiger partial charge is 0.382 e. The van der Waals surface area contributed by atoms with Crippen molar-refractivity contribution >= 4 is 17.3 Å². The Morgan fingerprint density at radius 2 is 2.24 bits per heavy atom. The molecule has 2 aromatic rings. The summed E-state index contributed by atoms with van der Waals surface area (Å²) >= 11 is 0. The average Bonchev–Trinajstić information content (AvgIpc) is 2.77. The van der Waals surface area contributed by atoms with E-state index in [4.69, 9.17) is 5.73 Å². The van der Waals surface area contributed by atoms with Crippen molar-refractivity contribution in [3.63, 3.8) is 0 Å². The minimum absolute atomic E-state index is 0.528. The van der Waals surface area contributed by atoms with Gasteiger partial charge in [0.2, 0.25) is 0 Å². The lowest BCUT2D eigenvalue weighted by Gasteiger charge is -2.22. The Bertz CT molecular complexity index is 491. The Labute approximate surface area is 101 Å². The second kappa shape index (κ2) is 5.03. The fraction of sp³-hybridized carbons (Fsp3) is 0.500. The molecule has 0 amide bonds. The van der Waals surface area contributed by atoms with E-state index in [1.165, 1.54) is 6.42 Å². The van der Waals surface area contributed by atoms with E-state index in [1.807, 2.05) is 10.6 Å². The van der Waals surface area contributed by atoms with Gasteiger partial charge in [-0.3, -0.25) is 0 Å². The third-order valence-corrected chi connectivity index (χ3v) is 2.84. The molecule has 5 nitrogen and oxygen atoms in total. The van der Waals surface area contributed by atoms with Crippen molar-refractivity contribution in [3.8, 4) is 0 Å². The number of fused-ring (bicyclic) bond motifs is 1. The second-order valence-corrected chi connectivity index (χ2v) is 4.08. The second-order valence-electron chi connectivity index (χ2n) is 4.08. The fourth-order valence-electron chi connectivity index (χ4n) is 1.91. The highest BCUT2D eigenvalue weighted by Crippen LogP contribution is 2.19. The first-order valence-corrected chi connectivity index (χ1v) is 6.10. The zero-order valence-electron chi connectivity index (χ0n) is 10.4. The van der Waals surface area contributed by atoms with Crippen LogP contribution in [0, 0.1) is 0 Å². The third kappa shape index (κ3) is 2.33. The highest BCUT2D eigenvalue weighted by Gasteiger charge is 2.12. The van der Waals surface area contributed by atoms with Crippen LogP contribution in [0.2, 0.25) is 0 Å². The van der Waals surface area contributed by atoms with Gasteiger partial charge in [-0.1, -0.05) is 13.3 Å². The lowest BCUT2D eigenvalue weighted by Crippen LogP contribution is -2.26. The molecular formula is C12H19N5. The number of hydrogen-bond acceptors (Lipinski definition) is 4. The summed E-state index contributed by atoms with van der Waals surface area (Å²) in [7, 11) is 0. The van der Waals surface area contributed by atoms with E-state index in [-0.39, 0.29) is 0 Å². The minimum Gasteiger partial charge on any atom is -0.382 e. The van der Waals surface area contributed by atoms with Crippen LogP contribution in [-0.4, -0.2) is 27.5 Å². The van der Waals surface area contributed by atoms with Gasteiger partial charge < -0.3 is 15.0 Å². The van der Waals surface area contributed by atoms with Gasteiger partial charge in [0, 0.05) is 25.5 Å². The van der Waals surface area contributed by atoms with Crippen molar-refractivity contribution < 1.29 is 0 Å². The molecule has 0 atom stereocenters. The molecule has 2 N–H and O–H groups in total. The summed E-state index contributed by atoms with van der Waals surface area (Å²) in [6.45, 7) is 6.22. The van der Waals surface area contributed by atoms with Crippen LogP contribution in [0.4, 0.5) is 11.6 Å². The Morgan fingerprint density at radius 3 is 2.94 bits per heavy atom. The summed E-state index contributed by atoms with van der Waals surface area (Å²) in [5.74, 6) is 1.41. The van der Waals surface area contributed by atoms with Crippen LogP contribution in [0.1, 0.15) is 26.7 Å². The van der Waals surface area contributed by atoms with Gasteiger partial charge in [-0.05, 0) is 13.3 Å². The first kappa shape index (κ1) is 11.7. The molecule has 0 bridgehead atoms. The lowest BCUT2D eigenvalue weighted by atomic mass is 10.3. The number of unbranched alkanes of at least 4 members (excludes halogenated alkanes) is 1. The van der Waals surface area contributed by atoms with E-state index in [1.54, 1.807) is 12.4 Å². The molecule has 0 aliphatic carbocycles. The van der Waals surface area contributed by atoms with Crippen molar-refractivity contribution in [1.82, 2.24) is 14.4 Å². The number of nitrogens with zero attached hydrogens (tertiary/aromatic N) is 4. The van der Waals surface area contributed by atoms with E-state index in [0.717, 1.165) is 31.0 Å². The van der Waals surface area contributed by atoms with Crippen LogP contribution < -0.4 is 10.6 Å². The van der Waals surface area contributed by atoms with Gasteiger partial charge in [-0.25, -0.2) is 9.97 Å². The molecule has 0 saturated heterocycles. The molecule has 0 aromatic carbocycles. The maximum atomic E-state index is 5.82. The third-order valence-electron chi connectivity index (χ3n) is 2.84. The fourth-order valence-corrected chi connectivity index (χ4v) is 1.91. The van der Waals surface area contributed by atoms with Gasteiger partial charge in [0.05, 0.1) is 6.20 Å². The van der Waals surface area contributed by atoms with Gasteiger partial charge in [-0.15, -0.1) is 0 Å². The molecular weight excluding hydrogens is 214 g/mol.